The molecule has 0 unspecified atom stereocenters. The number of carboxylic acid groups (broad SMARTS) is 1. The molecule has 0 radical (unpaired) electrons. The van der Waals surface area contributed by atoms with Crippen molar-refractivity contribution < 1.29 is 19.9 Å². The normalized spacial score (nSPS) is 10.7. The van der Waals surface area contributed by atoms with Gasteiger partial charge in [0.25, 0.3) is 5.69 Å². The smallest absolute Gasteiger partial charge is 0.335 e. The average Bonchev–Trinajstić information content (AvgIpc) is 2.75. The summed E-state index contributed by atoms with van der Waals surface area (Å²) < 4.78 is 0. The SMILES string of the molecule is NC(=S)N(N=Cc1cccc(-c2cccc([N+](=O)[O-])c2)c1O)c1ccc(C(=O)O)cc1. The van der Waals surface area contributed by atoms with E-state index >= 15 is 0 Å². The fourth-order valence-corrected chi connectivity index (χ4v) is 2.95. The highest BCUT2D eigenvalue weighted by Gasteiger charge is 2.13. The molecule has 0 bridgehead atoms. The molecule has 3 aromatic carbocycles. The molecular formula is C21H16N4O5S. The van der Waals surface area contributed by atoms with E-state index in [1.807, 2.05) is 0 Å². The molecule has 0 fully saturated rings. The highest BCUT2D eigenvalue weighted by atomic mass is 32.1. The van der Waals surface area contributed by atoms with Gasteiger partial charge in [0.05, 0.1) is 22.4 Å². The standard InChI is InChI=1S/C21H16N4O5S/c22-21(31)24(16-9-7-13(8-10-16)20(27)28)23-12-15-4-2-6-18(19(15)26)14-3-1-5-17(11-14)25(29)30/h1-12,26H,(H2,22,31)(H,27,28). The Morgan fingerprint density at radius 1 is 1.13 bits per heavy atom. The van der Waals surface area contributed by atoms with E-state index in [1.54, 1.807) is 24.3 Å². The molecule has 0 saturated heterocycles. The molecule has 31 heavy (non-hydrogen) atoms. The fraction of sp³-hybridized carbons (Fsp3) is 0. The number of hydrogen-bond donors (Lipinski definition) is 3. The third kappa shape index (κ3) is 4.82. The molecule has 10 heteroatoms. The van der Waals surface area contributed by atoms with Gasteiger partial charge in [0, 0.05) is 23.3 Å². The van der Waals surface area contributed by atoms with Crippen LogP contribution in [0.25, 0.3) is 11.1 Å². The molecule has 0 amide bonds. The summed E-state index contributed by atoms with van der Waals surface area (Å²) in [4.78, 5) is 21.5. The van der Waals surface area contributed by atoms with Gasteiger partial charge in [0.15, 0.2) is 5.11 Å². The maximum atomic E-state index is 11.0. The van der Waals surface area contributed by atoms with Gasteiger partial charge >= 0.3 is 5.97 Å². The summed E-state index contributed by atoms with van der Waals surface area (Å²) in [7, 11) is 0. The van der Waals surface area contributed by atoms with Gasteiger partial charge in [-0.05, 0) is 48.1 Å². The first-order chi connectivity index (χ1) is 14.8. The molecule has 0 atom stereocenters. The zero-order chi connectivity index (χ0) is 22.5. The lowest BCUT2D eigenvalue weighted by molar-refractivity contribution is -0.384. The van der Waals surface area contributed by atoms with Crippen LogP contribution in [-0.4, -0.2) is 32.4 Å². The number of thiocarbonyl (C=S) groups is 1. The van der Waals surface area contributed by atoms with Gasteiger partial charge in [0.2, 0.25) is 0 Å². The Morgan fingerprint density at radius 3 is 2.42 bits per heavy atom. The number of para-hydroxylation sites is 1. The maximum Gasteiger partial charge on any atom is 0.335 e. The number of carboxylic acids is 1. The molecule has 9 nitrogen and oxygen atoms in total. The first-order valence-corrected chi connectivity index (χ1v) is 9.22. The van der Waals surface area contributed by atoms with Gasteiger partial charge in [0.1, 0.15) is 5.75 Å². The van der Waals surface area contributed by atoms with Crippen LogP contribution in [0.5, 0.6) is 5.75 Å². The van der Waals surface area contributed by atoms with E-state index in [0.717, 1.165) is 0 Å². The van der Waals surface area contributed by atoms with E-state index in [9.17, 15) is 20.0 Å². The molecule has 0 aromatic heterocycles. The van der Waals surface area contributed by atoms with Gasteiger partial charge in [-0.3, -0.25) is 10.1 Å². The van der Waals surface area contributed by atoms with Crippen molar-refractivity contribution in [1.29, 1.82) is 0 Å². The van der Waals surface area contributed by atoms with E-state index in [4.69, 9.17) is 23.1 Å². The largest absolute Gasteiger partial charge is 0.507 e. The van der Waals surface area contributed by atoms with Crippen LogP contribution in [0.2, 0.25) is 0 Å². The Balaban J connectivity index is 1.94. The summed E-state index contributed by atoms with van der Waals surface area (Å²) in [6.07, 6.45) is 1.33. The Morgan fingerprint density at radius 2 is 1.81 bits per heavy atom. The van der Waals surface area contributed by atoms with Crippen LogP contribution >= 0.6 is 12.2 Å². The number of rotatable bonds is 6. The van der Waals surface area contributed by atoms with Crippen LogP contribution in [-0.2, 0) is 0 Å². The molecule has 156 valence electrons. The first kappa shape index (κ1) is 21.4. The van der Waals surface area contributed by atoms with Crippen molar-refractivity contribution in [3.8, 4) is 16.9 Å². The second-order valence-electron chi connectivity index (χ2n) is 6.30. The summed E-state index contributed by atoms with van der Waals surface area (Å²) in [5.41, 5.74) is 7.35. The van der Waals surface area contributed by atoms with Crippen molar-refractivity contribution in [3.63, 3.8) is 0 Å². The lowest BCUT2D eigenvalue weighted by Crippen LogP contribution is -2.31. The van der Waals surface area contributed by atoms with Crippen LogP contribution in [0.15, 0.2) is 71.8 Å². The number of phenols is 1. The lowest BCUT2D eigenvalue weighted by atomic mass is 10.0. The number of nitro groups is 1. The predicted octanol–water partition coefficient (Wildman–Crippen LogP) is 3.75. The van der Waals surface area contributed by atoms with E-state index < -0.39 is 10.9 Å². The number of carbonyl (C=O) groups is 1. The molecule has 0 heterocycles. The van der Waals surface area contributed by atoms with E-state index in [2.05, 4.69) is 5.10 Å². The number of nitro benzene ring substituents is 1. The maximum absolute atomic E-state index is 11.0. The summed E-state index contributed by atoms with van der Waals surface area (Å²) >= 11 is 5.02. The van der Waals surface area contributed by atoms with Gasteiger partial charge in [-0.15, -0.1) is 0 Å². The topological polar surface area (TPSA) is 142 Å². The third-order valence-corrected chi connectivity index (χ3v) is 4.49. The Bertz CT molecular complexity index is 1190. The molecule has 0 aliphatic heterocycles. The van der Waals surface area contributed by atoms with Crippen LogP contribution in [0.4, 0.5) is 11.4 Å². The molecule has 0 saturated carbocycles. The van der Waals surface area contributed by atoms with Crippen LogP contribution in [0, 0.1) is 10.1 Å². The quantitative estimate of drug-likeness (QED) is 0.229. The van der Waals surface area contributed by atoms with Crippen LogP contribution in [0.3, 0.4) is 0 Å². The number of nitrogens with zero attached hydrogens (tertiary/aromatic N) is 3. The number of hydrogen-bond acceptors (Lipinski definition) is 6. The monoisotopic (exact) mass is 436 g/mol. The van der Waals surface area contributed by atoms with Gasteiger partial charge < -0.3 is 15.9 Å². The third-order valence-electron chi connectivity index (χ3n) is 4.32. The summed E-state index contributed by atoms with van der Waals surface area (Å²) in [5.74, 6) is -1.20. The zero-order valence-electron chi connectivity index (χ0n) is 15.9. The first-order valence-electron chi connectivity index (χ1n) is 8.81. The number of non-ortho nitro benzene ring substituents is 1. The number of phenolic OH excluding ortho intramolecular Hbond substituents is 1. The molecule has 0 spiro atoms. The molecule has 3 aromatic rings. The number of aromatic carboxylic acids is 1. The Kier molecular flexibility index (Phi) is 6.22. The van der Waals surface area contributed by atoms with E-state index in [1.165, 1.54) is 53.7 Å². The van der Waals surface area contributed by atoms with Crippen molar-refractivity contribution in [3.05, 3.63) is 88.0 Å². The van der Waals surface area contributed by atoms with Crippen LogP contribution in [0.1, 0.15) is 15.9 Å². The van der Waals surface area contributed by atoms with E-state index in [-0.39, 0.29) is 22.1 Å². The van der Waals surface area contributed by atoms with Crippen molar-refractivity contribution in [2.24, 2.45) is 10.8 Å². The molecular weight excluding hydrogens is 420 g/mol. The number of benzene rings is 3. The van der Waals surface area contributed by atoms with Crippen molar-refractivity contribution >= 4 is 40.9 Å². The molecule has 4 N–H and O–H groups in total. The summed E-state index contributed by atoms with van der Waals surface area (Å²) in [6, 6.07) is 16.6. The number of nitrogens with two attached hydrogens (primary N) is 1. The fourth-order valence-electron chi connectivity index (χ4n) is 2.80. The summed E-state index contributed by atoms with van der Waals surface area (Å²) in [5, 5.41) is 36.1. The zero-order valence-corrected chi connectivity index (χ0v) is 16.7. The lowest BCUT2D eigenvalue weighted by Gasteiger charge is -2.17. The number of anilines is 1. The number of aromatic hydroxyl groups is 1. The van der Waals surface area contributed by atoms with Crippen LogP contribution < -0.4 is 10.7 Å². The Hall–Kier alpha value is -4.31. The second-order valence-corrected chi connectivity index (χ2v) is 6.72. The Labute approximate surface area is 181 Å². The van der Waals surface area contributed by atoms with Crippen molar-refractivity contribution in [2.75, 3.05) is 5.01 Å². The minimum Gasteiger partial charge on any atom is -0.507 e. The minimum absolute atomic E-state index is 0.0892. The summed E-state index contributed by atoms with van der Waals surface area (Å²) in [6.45, 7) is 0. The van der Waals surface area contributed by atoms with Gasteiger partial charge in [-0.25, -0.2) is 9.80 Å². The minimum atomic E-state index is -1.07. The van der Waals surface area contributed by atoms with Gasteiger partial charge in [-0.2, -0.15) is 5.10 Å². The molecule has 3 rings (SSSR count). The predicted molar refractivity (Wildman–Crippen MR) is 120 cm³/mol. The second kappa shape index (κ2) is 9.01. The number of hydrazone groups is 1. The van der Waals surface area contributed by atoms with Crippen molar-refractivity contribution in [1.82, 2.24) is 0 Å². The van der Waals surface area contributed by atoms with Gasteiger partial charge in [-0.1, -0.05) is 24.3 Å². The highest BCUT2D eigenvalue weighted by Crippen LogP contribution is 2.33. The molecule has 0 aliphatic rings. The average molecular weight is 436 g/mol. The molecule has 0 aliphatic carbocycles. The highest BCUT2D eigenvalue weighted by molar-refractivity contribution is 7.80. The van der Waals surface area contributed by atoms with E-state index in [0.29, 0.717) is 22.4 Å². The van der Waals surface area contributed by atoms with Crippen molar-refractivity contribution in [2.45, 2.75) is 0 Å².